The zero-order valence-electron chi connectivity index (χ0n) is 18.4. The minimum absolute atomic E-state index is 0.0277. The average molecular weight is 439 g/mol. The first-order valence-corrected chi connectivity index (χ1v) is 11.1. The minimum Gasteiger partial charge on any atom is -0.375 e. The van der Waals surface area contributed by atoms with Gasteiger partial charge in [0.1, 0.15) is 13.2 Å². The molecule has 0 bridgehead atoms. The maximum atomic E-state index is 12.5. The number of nitrogens with one attached hydrogen (secondary N) is 2. The summed E-state index contributed by atoms with van der Waals surface area (Å²) in [5, 5.41) is 6.09. The van der Waals surface area contributed by atoms with E-state index < -0.39 is 0 Å². The van der Waals surface area contributed by atoms with E-state index in [1.165, 1.54) is 14.2 Å². The van der Waals surface area contributed by atoms with E-state index in [4.69, 9.17) is 9.47 Å². The molecule has 1 aliphatic carbocycles. The second kappa shape index (κ2) is 10.9. The lowest BCUT2D eigenvalue weighted by Gasteiger charge is -2.32. The molecule has 2 saturated heterocycles. The van der Waals surface area contributed by atoms with Crippen molar-refractivity contribution < 1.29 is 28.7 Å². The quantitative estimate of drug-likeness (QED) is 0.509. The number of nitrogens with zero attached hydrogens (tertiary/aromatic N) is 2. The highest BCUT2D eigenvalue weighted by molar-refractivity contribution is 5.92. The first-order chi connectivity index (χ1) is 14.9. The Bertz CT molecular complexity index is 615. The molecule has 2 heterocycles. The van der Waals surface area contributed by atoms with Gasteiger partial charge in [-0.25, -0.2) is 0 Å². The molecule has 0 aromatic carbocycles. The van der Waals surface area contributed by atoms with E-state index in [-0.39, 0.29) is 60.8 Å². The second-order valence-corrected chi connectivity index (χ2v) is 8.64. The molecule has 2 atom stereocenters. The van der Waals surface area contributed by atoms with Crippen molar-refractivity contribution in [1.82, 2.24) is 20.4 Å². The van der Waals surface area contributed by atoms with Crippen LogP contribution in [0.3, 0.4) is 0 Å². The standard InChI is InChI=1S/C21H34N4O6/c1-30-12-18(26)24-7-3-14(4-8-24)22-20(28)16-11-17(16)21(29)23-15-5-9-25(10-6-15)19(27)13-31-2/h14-17H,3-13H2,1-2H3,(H,22,28)(H,23,29). The zero-order valence-corrected chi connectivity index (χ0v) is 18.4. The maximum Gasteiger partial charge on any atom is 0.248 e. The normalized spacial score (nSPS) is 24.6. The third-order valence-corrected chi connectivity index (χ3v) is 6.39. The molecule has 0 aromatic rings. The summed E-state index contributed by atoms with van der Waals surface area (Å²) in [6.07, 6.45) is 3.43. The van der Waals surface area contributed by atoms with Gasteiger partial charge in [-0.05, 0) is 32.1 Å². The summed E-state index contributed by atoms with van der Waals surface area (Å²) in [4.78, 5) is 52.3. The van der Waals surface area contributed by atoms with Crippen LogP contribution in [0.4, 0.5) is 0 Å². The third-order valence-electron chi connectivity index (χ3n) is 6.39. The van der Waals surface area contributed by atoms with E-state index in [1.54, 1.807) is 9.80 Å². The fourth-order valence-corrected chi connectivity index (χ4v) is 4.37. The molecule has 10 heteroatoms. The van der Waals surface area contributed by atoms with Crippen LogP contribution < -0.4 is 10.6 Å². The lowest BCUT2D eigenvalue weighted by atomic mass is 10.0. The van der Waals surface area contributed by atoms with Crippen molar-refractivity contribution in [2.75, 3.05) is 53.6 Å². The number of hydrogen-bond donors (Lipinski definition) is 2. The van der Waals surface area contributed by atoms with Gasteiger partial charge in [0.25, 0.3) is 0 Å². The van der Waals surface area contributed by atoms with Crippen molar-refractivity contribution in [3.63, 3.8) is 0 Å². The minimum atomic E-state index is -0.267. The van der Waals surface area contributed by atoms with Crippen LogP contribution in [-0.4, -0.2) is 99.1 Å². The second-order valence-electron chi connectivity index (χ2n) is 8.64. The Labute approximate surface area is 183 Å². The predicted octanol–water partition coefficient (Wildman–Crippen LogP) is -0.870. The SMILES string of the molecule is COCC(=O)N1CCC(NC(=O)C2CC2C(=O)NC2CCN(C(=O)COC)CC2)CC1. The average Bonchev–Trinajstić information content (AvgIpc) is 3.56. The molecule has 2 N–H and O–H groups in total. The predicted molar refractivity (Wildman–Crippen MR) is 111 cm³/mol. The van der Waals surface area contributed by atoms with Gasteiger partial charge >= 0.3 is 0 Å². The van der Waals surface area contributed by atoms with Crippen LogP contribution >= 0.6 is 0 Å². The molecule has 4 amide bonds. The topological polar surface area (TPSA) is 117 Å². The number of ether oxygens (including phenoxy) is 2. The van der Waals surface area contributed by atoms with Crippen LogP contribution in [0.1, 0.15) is 32.1 Å². The molecule has 0 aromatic heterocycles. The van der Waals surface area contributed by atoms with Gasteiger partial charge in [-0.2, -0.15) is 0 Å². The van der Waals surface area contributed by atoms with Crippen molar-refractivity contribution in [3.05, 3.63) is 0 Å². The van der Waals surface area contributed by atoms with Gasteiger partial charge in [-0.1, -0.05) is 0 Å². The van der Waals surface area contributed by atoms with Gasteiger partial charge in [-0.15, -0.1) is 0 Å². The molecule has 10 nitrogen and oxygen atoms in total. The van der Waals surface area contributed by atoms with E-state index in [0.29, 0.717) is 58.3 Å². The van der Waals surface area contributed by atoms with Crippen LogP contribution in [0.15, 0.2) is 0 Å². The Kier molecular flexibility index (Phi) is 8.25. The van der Waals surface area contributed by atoms with Crippen molar-refractivity contribution in [3.8, 4) is 0 Å². The van der Waals surface area contributed by atoms with Crippen LogP contribution in [0.2, 0.25) is 0 Å². The summed E-state index contributed by atoms with van der Waals surface area (Å²) in [7, 11) is 3.00. The maximum absolute atomic E-state index is 12.5. The molecule has 1 saturated carbocycles. The van der Waals surface area contributed by atoms with Gasteiger partial charge in [-0.3, -0.25) is 19.2 Å². The molecule has 31 heavy (non-hydrogen) atoms. The van der Waals surface area contributed by atoms with E-state index in [9.17, 15) is 19.2 Å². The van der Waals surface area contributed by atoms with Gasteiger partial charge in [0, 0.05) is 52.5 Å². The number of carbonyl (C=O) groups excluding carboxylic acids is 4. The Hall–Kier alpha value is -2.20. The number of hydrogen-bond acceptors (Lipinski definition) is 6. The molecule has 174 valence electrons. The summed E-state index contributed by atoms with van der Waals surface area (Å²) < 4.78 is 9.76. The summed E-state index contributed by atoms with van der Waals surface area (Å²) >= 11 is 0. The monoisotopic (exact) mass is 438 g/mol. The number of carbonyl (C=O) groups is 4. The largest absolute Gasteiger partial charge is 0.375 e. The van der Waals surface area contributed by atoms with Gasteiger partial charge in [0.2, 0.25) is 23.6 Å². The fraction of sp³-hybridized carbons (Fsp3) is 0.810. The van der Waals surface area contributed by atoms with Crippen molar-refractivity contribution in [2.45, 2.75) is 44.2 Å². The fourth-order valence-electron chi connectivity index (χ4n) is 4.37. The molecule has 2 aliphatic heterocycles. The molecule has 3 fully saturated rings. The highest BCUT2D eigenvalue weighted by atomic mass is 16.5. The van der Waals surface area contributed by atoms with Gasteiger partial charge in [0.15, 0.2) is 0 Å². The van der Waals surface area contributed by atoms with Crippen LogP contribution in [0.5, 0.6) is 0 Å². The number of methoxy groups -OCH3 is 2. The van der Waals surface area contributed by atoms with Crippen LogP contribution in [-0.2, 0) is 28.7 Å². The molecule has 0 spiro atoms. The lowest BCUT2D eigenvalue weighted by Crippen LogP contribution is -2.48. The van der Waals surface area contributed by atoms with E-state index in [1.807, 2.05) is 0 Å². The van der Waals surface area contributed by atoms with E-state index in [0.717, 1.165) is 0 Å². The highest BCUT2D eigenvalue weighted by Crippen LogP contribution is 2.39. The van der Waals surface area contributed by atoms with Crippen molar-refractivity contribution in [2.24, 2.45) is 11.8 Å². The van der Waals surface area contributed by atoms with E-state index in [2.05, 4.69) is 10.6 Å². The number of rotatable bonds is 8. The smallest absolute Gasteiger partial charge is 0.248 e. The molecule has 0 radical (unpaired) electrons. The third kappa shape index (κ3) is 6.39. The van der Waals surface area contributed by atoms with Crippen molar-refractivity contribution in [1.29, 1.82) is 0 Å². The van der Waals surface area contributed by atoms with E-state index >= 15 is 0 Å². The summed E-state index contributed by atoms with van der Waals surface area (Å²) in [6.45, 7) is 2.58. The van der Waals surface area contributed by atoms with Crippen molar-refractivity contribution >= 4 is 23.6 Å². The summed E-state index contributed by atoms with van der Waals surface area (Å²) in [5.41, 5.74) is 0. The number of amides is 4. The van der Waals surface area contributed by atoms with Crippen LogP contribution in [0.25, 0.3) is 0 Å². The number of piperidine rings is 2. The Morgan fingerprint density at radius 1 is 0.710 bits per heavy atom. The Balaban J connectivity index is 1.33. The van der Waals surface area contributed by atoms with Gasteiger partial charge < -0.3 is 29.9 Å². The Morgan fingerprint density at radius 2 is 1.06 bits per heavy atom. The molecular weight excluding hydrogens is 404 g/mol. The Morgan fingerprint density at radius 3 is 1.39 bits per heavy atom. The molecule has 3 rings (SSSR count). The summed E-state index contributed by atoms with van der Waals surface area (Å²) in [6, 6.07) is 0.0785. The molecule has 2 unspecified atom stereocenters. The first kappa shape index (κ1) is 23.5. The lowest BCUT2D eigenvalue weighted by molar-refractivity contribution is -0.137. The molecular formula is C21H34N4O6. The van der Waals surface area contributed by atoms with Gasteiger partial charge in [0.05, 0.1) is 11.8 Å². The number of likely N-dealkylation sites (tertiary alicyclic amines) is 2. The zero-order chi connectivity index (χ0) is 22.4. The van der Waals surface area contributed by atoms with Crippen LogP contribution in [0, 0.1) is 11.8 Å². The first-order valence-electron chi connectivity index (χ1n) is 11.1. The molecule has 3 aliphatic rings. The summed E-state index contributed by atoms with van der Waals surface area (Å²) in [5.74, 6) is -0.725. The highest BCUT2D eigenvalue weighted by Gasteiger charge is 2.48.